The molecule has 18 heavy (non-hydrogen) atoms. The molecule has 1 aromatic carbocycles. The van der Waals surface area contributed by atoms with E-state index in [2.05, 4.69) is 31.0 Å². The topological polar surface area (TPSA) is 15.3 Å². The number of hydrogen-bond acceptors (Lipinski definition) is 2. The van der Waals surface area contributed by atoms with Crippen LogP contribution in [0.3, 0.4) is 0 Å². The van der Waals surface area contributed by atoms with Gasteiger partial charge in [0.25, 0.3) is 0 Å². The molecule has 1 saturated heterocycles. The fraction of sp³-hybridized carbons (Fsp3) is 0.600. The van der Waals surface area contributed by atoms with Gasteiger partial charge in [0.1, 0.15) is 5.82 Å². The van der Waals surface area contributed by atoms with E-state index in [-0.39, 0.29) is 5.82 Å². The Morgan fingerprint density at radius 3 is 2.83 bits per heavy atom. The predicted octanol–water partition coefficient (Wildman–Crippen LogP) is 3.04. The van der Waals surface area contributed by atoms with Crippen molar-refractivity contribution >= 4 is 5.69 Å². The van der Waals surface area contributed by atoms with E-state index in [1.807, 2.05) is 6.07 Å². The highest BCUT2D eigenvalue weighted by Gasteiger charge is 2.29. The molecule has 0 amide bonds. The molecule has 1 fully saturated rings. The van der Waals surface area contributed by atoms with Gasteiger partial charge >= 0.3 is 0 Å². The summed E-state index contributed by atoms with van der Waals surface area (Å²) in [6.45, 7) is 8.59. The zero-order chi connectivity index (χ0) is 13.1. The quantitative estimate of drug-likeness (QED) is 0.887. The summed E-state index contributed by atoms with van der Waals surface area (Å²) in [7, 11) is 0. The molecule has 2 nitrogen and oxygen atoms in total. The van der Waals surface area contributed by atoms with Crippen molar-refractivity contribution in [3.63, 3.8) is 0 Å². The van der Waals surface area contributed by atoms with Gasteiger partial charge in [0, 0.05) is 30.9 Å². The smallest absolute Gasteiger partial charge is 0.125 e. The number of nitrogens with zero attached hydrogens (tertiary/aromatic N) is 1. The van der Waals surface area contributed by atoms with Crippen molar-refractivity contribution in [3.8, 4) is 0 Å². The number of benzene rings is 1. The fourth-order valence-corrected chi connectivity index (χ4v) is 2.66. The maximum Gasteiger partial charge on any atom is 0.125 e. The van der Waals surface area contributed by atoms with Gasteiger partial charge in [-0.3, -0.25) is 0 Å². The zero-order valence-corrected chi connectivity index (χ0v) is 11.5. The summed E-state index contributed by atoms with van der Waals surface area (Å²) in [4.78, 5) is 2.36. The van der Waals surface area contributed by atoms with Gasteiger partial charge in [-0.25, -0.2) is 4.39 Å². The number of rotatable bonds is 3. The first-order valence-electron chi connectivity index (χ1n) is 6.87. The van der Waals surface area contributed by atoms with Gasteiger partial charge in [0.2, 0.25) is 0 Å². The molecule has 3 heteroatoms. The molecule has 0 bridgehead atoms. The van der Waals surface area contributed by atoms with E-state index in [4.69, 9.17) is 0 Å². The van der Waals surface area contributed by atoms with Crippen LogP contribution in [0.15, 0.2) is 24.3 Å². The first-order valence-corrected chi connectivity index (χ1v) is 6.87. The lowest BCUT2D eigenvalue weighted by Gasteiger charge is -2.43. The zero-order valence-electron chi connectivity index (χ0n) is 11.5. The Morgan fingerprint density at radius 2 is 2.22 bits per heavy atom. The molecular formula is C15H23FN2. The second kappa shape index (κ2) is 5.70. The van der Waals surface area contributed by atoms with Crippen molar-refractivity contribution in [1.29, 1.82) is 0 Å². The molecular weight excluding hydrogens is 227 g/mol. The van der Waals surface area contributed by atoms with Crippen molar-refractivity contribution in [1.82, 2.24) is 5.32 Å². The van der Waals surface area contributed by atoms with Crippen molar-refractivity contribution in [2.24, 2.45) is 5.92 Å². The summed E-state index contributed by atoms with van der Waals surface area (Å²) in [5.74, 6) is 0.403. The second-order valence-electron chi connectivity index (χ2n) is 5.46. The van der Waals surface area contributed by atoms with E-state index >= 15 is 0 Å². The van der Waals surface area contributed by atoms with Crippen LogP contribution in [0.2, 0.25) is 0 Å². The van der Waals surface area contributed by atoms with Crippen molar-refractivity contribution in [2.75, 3.05) is 18.0 Å². The Bertz CT molecular complexity index is 392. The summed E-state index contributed by atoms with van der Waals surface area (Å²) < 4.78 is 13.4. The minimum absolute atomic E-state index is 0.151. The molecule has 100 valence electrons. The Kier molecular flexibility index (Phi) is 4.23. The molecule has 0 aliphatic carbocycles. The summed E-state index contributed by atoms with van der Waals surface area (Å²) in [6.07, 6.45) is 1.11. The predicted molar refractivity (Wildman–Crippen MR) is 74.5 cm³/mol. The monoisotopic (exact) mass is 250 g/mol. The molecule has 1 aliphatic rings. The lowest BCUT2D eigenvalue weighted by molar-refractivity contribution is 0.333. The molecule has 2 rings (SSSR count). The van der Waals surface area contributed by atoms with E-state index in [1.54, 1.807) is 12.1 Å². The van der Waals surface area contributed by atoms with E-state index in [0.717, 1.165) is 25.2 Å². The van der Waals surface area contributed by atoms with E-state index in [1.165, 1.54) is 6.07 Å². The third-order valence-electron chi connectivity index (χ3n) is 3.84. The van der Waals surface area contributed by atoms with Crippen LogP contribution >= 0.6 is 0 Å². The summed E-state index contributed by atoms with van der Waals surface area (Å²) in [5, 5.41) is 3.58. The number of nitrogens with one attached hydrogen (secondary N) is 1. The van der Waals surface area contributed by atoms with Crippen LogP contribution in [-0.2, 0) is 0 Å². The molecule has 1 heterocycles. The van der Waals surface area contributed by atoms with Crippen LogP contribution in [0.5, 0.6) is 0 Å². The molecule has 0 radical (unpaired) electrons. The first-order chi connectivity index (χ1) is 8.61. The van der Waals surface area contributed by atoms with Gasteiger partial charge in [0.05, 0.1) is 0 Å². The summed E-state index contributed by atoms with van der Waals surface area (Å²) >= 11 is 0. The molecule has 1 aliphatic heterocycles. The van der Waals surface area contributed by atoms with Crippen LogP contribution in [-0.4, -0.2) is 25.2 Å². The van der Waals surface area contributed by atoms with Crippen LogP contribution in [0, 0.1) is 11.7 Å². The van der Waals surface area contributed by atoms with Gasteiger partial charge < -0.3 is 10.2 Å². The van der Waals surface area contributed by atoms with E-state index in [9.17, 15) is 4.39 Å². The minimum Gasteiger partial charge on any atom is -0.365 e. The van der Waals surface area contributed by atoms with Crippen molar-refractivity contribution in [3.05, 3.63) is 30.1 Å². The number of piperazine rings is 1. The Morgan fingerprint density at radius 1 is 1.44 bits per heavy atom. The maximum atomic E-state index is 13.4. The largest absolute Gasteiger partial charge is 0.365 e. The second-order valence-corrected chi connectivity index (χ2v) is 5.46. The van der Waals surface area contributed by atoms with Crippen LogP contribution in [0.25, 0.3) is 0 Å². The SMILES string of the molecule is CCC1CN(c2cccc(F)c2)C(C(C)C)CN1. The number of anilines is 1. The third kappa shape index (κ3) is 2.83. The Balaban J connectivity index is 2.24. The van der Waals surface area contributed by atoms with Gasteiger partial charge in [0.15, 0.2) is 0 Å². The highest BCUT2D eigenvalue weighted by atomic mass is 19.1. The summed E-state index contributed by atoms with van der Waals surface area (Å²) in [5.41, 5.74) is 1.01. The Hall–Kier alpha value is -1.09. The average molecular weight is 250 g/mol. The van der Waals surface area contributed by atoms with Crippen molar-refractivity contribution in [2.45, 2.75) is 39.3 Å². The molecule has 2 unspecified atom stereocenters. The van der Waals surface area contributed by atoms with E-state index in [0.29, 0.717) is 18.0 Å². The number of hydrogen-bond donors (Lipinski definition) is 1. The van der Waals surface area contributed by atoms with E-state index < -0.39 is 0 Å². The third-order valence-corrected chi connectivity index (χ3v) is 3.84. The molecule has 1 aromatic rings. The lowest BCUT2D eigenvalue weighted by Crippen LogP contribution is -2.58. The normalized spacial score (nSPS) is 24.6. The average Bonchev–Trinajstić information content (AvgIpc) is 2.38. The molecule has 1 N–H and O–H groups in total. The number of halogens is 1. The molecule has 2 atom stereocenters. The molecule has 0 aromatic heterocycles. The fourth-order valence-electron chi connectivity index (χ4n) is 2.66. The van der Waals surface area contributed by atoms with Crippen LogP contribution in [0.1, 0.15) is 27.2 Å². The highest BCUT2D eigenvalue weighted by molar-refractivity contribution is 5.48. The maximum absolute atomic E-state index is 13.4. The summed E-state index contributed by atoms with van der Waals surface area (Å²) in [6, 6.07) is 7.90. The molecule has 0 saturated carbocycles. The van der Waals surface area contributed by atoms with Gasteiger partial charge in [-0.15, -0.1) is 0 Å². The minimum atomic E-state index is -0.151. The lowest BCUT2D eigenvalue weighted by atomic mass is 9.97. The molecule has 0 spiro atoms. The van der Waals surface area contributed by atoms with Crippen molar-refractivity contribution < 1.29 is 4.39 Å². The Labute approximate surface area is 109 Å². The standard InChI is InChI=1S/C15H23FN2/c1-4-13-10-18(15(9-17-13)11(2)3)14-7-5-6-12(16)8-14/h5-8,11,13,15,17H,4,9-10H2,1-3H3. The first kappa shape index (κ1) is 13.3. The van der Waals surface area contributed by atoms with Gasteiger partial charge in [-0.1, -0.05) is 26.8 Å². The van der Waals surface area contributed by atoms with Crippen LogP contribution < -0.4 is 10.2 Å². The highest BCUT2D eigenvalue weighted by Crippen LogP contribution is 2.24. The van der Waals surface area contributed by atoms with Gasteiger partial charge in [-0.2, -0.15) is 0 Å². The van der Waals surface area contributed by atoms with Gasteiger partial charge in [-0.05, 0) is 30.5 Å². The van der Waals surface area contributed by atoms with Crippen LogP contribution in [0.4, 0.5) is 10.1 Å².